The van der Waals surface area contributed by atoms with Crippen molar-refractivity contribution in [1.29, 1.82) is 0 Å². The van der Waals surface area contributed by atoms with Crippen LogP contribution in [-0.4, -0.2) is 21.0 Å². The van der Waals surface area contributed by atoms with Crippen molar-refractivity contribution in [1.82, 2.24) is 9.97 Å². The topological polar surface area (TPSA) is 75.1 Å². The number of anilines is 1. The van der Waals surface area contributed by atoms with E-state index in [9.17, 15) is 9.90 Å². The molecule has 0 aliphatic heterocycles. The Morgan fingerprint density at radius 2 is 2.17 bits per heavy atom. The molecule has 0 saturated heterocycles. The van der Waals surface area contributed by atoms with Gasteiger partial charge in [0.15, 0.2) is 0 Å². The molecule has 0 aliphatic rings. The molecule has 0 radical (unpaired) electrons. The van der Waals surface area contributed by atoms with E-state index >= 15 is 0 Å². The number of phenols is 1. The van der Waals surface area contributed by atoms with Crippen LogP contribution in [0.3, 0.4) is 0 Å². The smallest absolute Gasteiger partial charge is 0.261 e. The molecule has 2 rings (SSSR count). The fraction of sp³-hybridized carbons (Fsp3) is 0. The number of benzene rings is 1. The van der Waals surface area contributed by atoms with Gasteiger partial charge in [-0.25, -0.2) is 9.97 Å². The van der Waals surface area contributed by atoms with Gasteiger partial charge in [0.25, 0.3) is 5.91 Å². The maximum atomic E-state index is 11.9. The summed E-state index contributed by atoms with van der Waals surface area (Å²) in [4.78, 5) is 19.6. The number of nitrogens with zero attached hydrogens (tertiary/aromatic N) is 2. The lowest BCUT2D eigenvalue weighted by molar-refractivity contribution is 0.102. The van der Waals surface area contributed by atoms with Crippen molar-refractivity contribution in [2.75, 3.05) is 5.32 Å². The van der Waals surface area contributed by atoms with Gasteiger partial charge >= 0.3 is 0 Å². The van der Waals surface area contributed by atoms with Gasteiger partial charge in [0, 0.05) is 9.77 Å². The van der Waals surface area contributed by atoms with Gasteiger partial charge in [-0.2, -0.15) is 0 Å². The molecule has 2 N–H and O–H groups in total. The highest BCUT2D eigenvalue weighted by atomic mass is 127. The number of amides is 1. The van der Waals surface area contributed by atoms with E-state index in [1.54, 1.807) is 12.1 Å². The van der Waals surface area contributed by atoms with Crippen LogP contribution in [0, 0.1) is 3.57 Å². The van der Waals surface area contributed by atoms with Gasteiger partial charge in [-0.3, -0.25) is 10.1 Å². The minimum Gasteiger partial charge on any atom is -0.507 e. The first kappa shape index (κ1) is 13.0. The Labute approximate surface area is 121 Å². The van der Waals surface area contributed by atoms with E-state index in [-0.39, 0.29) is 22.4 Å². The summed E-state index contributed by atoms with van der Waals surface area (Å²) in [5.41, 5.74) is 0.158. The number of nitrogens with one attached hydrogen (secondary N) is 1. The predicted octanol–water partition coefficient (Wildman–Crippen LogP) is 2.69. The number of carbonyl (C=O) groups excluding carboxylic acids is 1. The fourth-order valence-electron chi connectivity index (χ4n) is 1.26. The fourth-order valence-corrected chi connectivity index (χ4v) is 1.88. The average molecular weight is 376 g/mol. The summed E-state index contributed by atoms with van der Waals surface area (Å²) in [7, 11) is 0. The summed E-state index contributed by atoms with van der Waals surface area (Å²) in [6.45, 7) is 0. The van der Waals surface area contributed by atoms with Crippen LogP contribution >= 0.6 is 34.2 Å². The lowest BCUT2D eigenvalue weighted by Gasteiger charge is -2.05. The van der Waals surface area contributed by atoms with Crippen LogP contribution in [0.2, 0.25) is 5.15 Å². The van der Waals surface area contributed by atoms with E-state index in [4.69, 9.17) is 11.6 Å². The standard InChI is InChI=1S/C11H7ClIN3O2/c12-9-3-4-14-11(15-9)16-10(18)7-5-6(13)1-2-8(7)17/h1-5,17H,(H,14,15,16,18). The maximum Gasteiger partial charge on any atom is 0.261 e. The zero-order valence-electron chi connectivity index (χ0n) is 8.89. The van der Waals surface area contributed by atoms with Gasteiger partial charge in [0.05, 0.1) is 5.56 Å². The SMILES string of the molecule is O=C(Nc1nccc(Cl)n1)c1cc(I)ccc1O. The Morgan fingerprint density at radius 3 is 2.89 bits per heavy atom. The third-order valence-corrected chi connectivity index (χ3v) is 2.93. The minimum atomic E-state index is -0.492. The van der Waals surface area contributed by atoms with Gasteiger partial charge in [-0.05, 0) is 46.9 Å². The molecule has 0 fully saturated rings. The Morgan fingerprint density at radius 1 is 1.39 bits per heavy atom. The lowest BCUT2D eigenvalue weighted by atomic mass is 10.2. The second kappa shape index (κ2) is 5.49. The van der Waals surface area contributed by atoms with Gasteiger partial charge in [-0.1, -0.05) is 11.6 Å². The molecule has 0 saturated carbocycles. The maximum absolute atomic E-state index is 11.9. The predicted molar refractivity (Wildman–Crippen MR) is 75.8 cm³/mol. The Bertz CT molecular complexity index is 607. The second-order valence-corrected chi connectivity index (χ2v) is 4.95. The second-order valence-electron chi connectivity index (χ2n) is 3.32. The van der Waals surface area contributed by atoms with Crippen LogP contribution in [-0.2, 0) is 0 Å². The Hall–Kier alpha value is -1.41. The van der Waals surface area contributed by atoms with Gasteiger partial charge < -0.3 is 5.11 Å². The molecule has 18 heavy (non-hydrogen) atoms. The van der Waals surface area contributed by atoms with Crippen LogP contribution in [0.1, 0.15) is 10.4 Å². The summed E-state index contributed by atoms with van der Waals surface area (Å²) in [6.07, 6.45) is 1.43. The highest BCUT2D eigenvalue weighted by Gasteiger charge is 2.13. The molecule has 5 nitrogen and oxygen atoms in total. The number of hydrogen-bond acceptors (Lipinski definition) is 4. The van der Waals surface area contributed by atoms with Gasteiger partial charge in [-0.15, -0.1) is 0 Å². The van der Waals surface area contributed by atoms with E-state index in [2.05, 4.69) is 15.3 Å². The Kier molecular flexibility index (Phi) is 3.97. The van der Waals surface area contributed by atoms with Crippen molar-refractivity contribution in [2.45, 2.75) is 0 Å². The molecule has 1 heterocycles. The molecule has 0 bridgehead atoms. The molecular formula is C11H7ClIN3O2. The Balaban J connectivity index is 2.24. The van der Waals surface area contributed by atoms with Crippen LogP contribution < -0.4 is 5.32 Å². The number of hydrogen-bond donors (Lipinski definition) is 2. The monoisotopic (exact) mass is 375 g/mol. The van der Waals surface area contributed by atoms with E-state index < -0.39 is 5.91 Å². The lowest BCUT2D eigenvalue weighted by Crippen LogP contribution is -2.14. The normalized spacial score (nSPS) is 10.1. The van der Waals surface area contributed by atoms with Crippen molar-refractivity contribution in [2.24, 2.45) is 0 Å². The average Bonchev–Trinajstić information content (AvgIpc) is 2.32. The number of phenolic OH excluding ortho intramolecular Hbond substituents is 1. The van der Waals surface area contributed by atoms with Crippen LogP contribution in [0.5, 0.6) is 5.75 Å². The van der Waals surface area contributed by atoms with E-state index in [0.29, 0.717) is 0 Å². The number of halogens is 2. The summed E-state index contributed by atoms with van der Waals surface area (Å²) < 4.78 is 0.836. The van der Waals surface area contributed by atoms with Gasteiger partial charge in [0.2, 0.25) is 5.95 Å². The number of aromatic hydroxyl groups is 1. The molecule has 0 atom stereocenters. The molecule has 7 heteroatoms. The first-order valence-electron chi connectivity index (χ1n) is 4.84. The van der Waals surface area contributed by atoms with E-state index in [1.165, 1.54) is 18.3 Å². The zero-order valence-corrected chi connectivity index (χ0v) is 11.8. The van der Waals surface area contributed by atoms with Crippen molar-refractivity contribution in [3.63, 3.8) is 0 Å². The zero-order chi connectivity index (χ0) is 13.1. The van der Waals surface area contributed by atoms with Crippen molar-refractivity contribution >= 4 is 46.0 Å². The first-order chi connectivity index (χ1) is 8.56. The summed E-state index contributed by atoms with van der Waals surface area (Å²) in [6, 6.07) is 6.22. The third-order valence-electron chi connectivity index (χ3n) is 2.05. The molecule has 0 aliphatic carbocycles. The molecule has 2 aromatic rings. The number of rotatable bonds is 2. The molecule has 1 aromatic carbocycles. The van der Waals surface area contributed by atoms with Crippen LogP contribution in [0.4, 0.5) is 5.95 Å². The summed E-state index contributed by atoms with van der Waals surface area (Å²) in [5, 5.41) is 12.3. The van der Waals surface area contributed by atoms with Gasteiger partial charge in [0.1, 0.15) is 10.9 Å². The highest BCUT2D eigenvalue weighted by Crippen LogP contribution is 2.20. The molecular weight excluding hydrogens is 368 g/mol. The molecule has 0 unspecified atom stereocenters. The molecule has 92 valence electrons. The van der Waals surface area contributed by atoms with Crippen molar-refractivity contribution in [3.05, 3.63) is 44.7 Å². The quantitative estimate of drug-likeness (QED) is 0.625. The van der Waals surface area contributed by atoms with Crippen LogP contribution in [0.15, 0.2) is 30.5 Å². The largest absolute Gasteiger partial charge is 0.507 e. The first-order valence-corrected chi connectivity index (χ1v) is 6.30. The van der Waals surface area contributed by atoms with Crippen molar-refractivity contribution < 1.29 is 9.90 Å². The van der Waals surface area contributed by atoms with E-state index in [1.807, 2.05) is 22.6 Å². The highest BCUT2D eigenvalue weighted by molar-refractivity contribution is 14.1. The summed E-state index contributed by atoms with van der Waals surface area (Å²) >= 11 is 7.73. The molecule has 1 aromatic heterocycles. The van der Waals surface area contributed by atoms with Crippen molar-refractivity contribution in [3.8, 4) is 5.75 Å². The number of carbonyl (C=O) groups is 1. The third kappa shape index (κ3) is 3.08. The molecule has 0 spiro atoms. The molecule has 1 amide bonds. The summed E-state index contributed by atoms with van der Waals surface area (Å²) in [5.74, 6) is -0.506. The van der Waals surface area contributed by atoms with Crippen LogP contribution in [0.25, 0.3) is 0 Å². The number of aromatic nitrogens is 2. The minimum absolute atomic E-state index is 0.0887. The van der Waals surface area contributed by atoms with E-state index in [0.717, 1.165) is 3.57 Å².